The van der Waals surface area contributed by atoms with Crippen LogP contribution in [-0.4, -0.2) is 18.2 Å². The van der Waals surface area contributed by atoms with E-state index in [9.17, 15) is 8.78 Å². The molecule has 0 bridgehead atoms. The highest BCUT2D eigenvalue weighted by Crippen LogP contribution is 2.26. The minimum Gasteiger partial charge on any atom is -0.490 e. The van der Waals surface area contributed by atoms with Crippen molar-refractivity contribution in [2.24, 2.45) is 0 Å². The van der Waals surface area contributed by atoms with Crippen LogP contribution in [0.25, 0.3) is 0 Å². The number of rotatable bonds is 4. The molecule has 1 aliphatic rings. The molecule has 1 saturated carbocycles. The van der Waals surface area contributed by atoms with Gasteiger partial charge in [-0.3, -0.25) is 0 Å². The fraction of sp³-hybridized carbons (Fsp3) is 0.625. The smallest absolute Gasteiger partial charge is 0.132 e. The van der Waals surface area contributed by atoms with Crippen LogP contribution in [0.1, 0.15) is 45.1 Å². The van der Waals surface area contributed by atoms with E-state index < -0.39 is 11.6 Å². The van der Waals surface area contributed by atoms with E-state index in [0.717, 1.165) is 25.7 Å². The number of benzene rings is 1. The van der Waals surface area contributed by atoms with Crippen LogP contribution in [0.4, 0.5) is 8.78 Å². The van der Waals surface area contributed by atoms with E-state index in [2.05, 4.69) is 19.2 Å². The fourth-order valence-corrected chi connectivity index (χ4v) is 2.70. The average Bonchev–Trinajstić information content (AvgIpc) is 2.37. The van der Waals surface area contributed by atoms with Crippen molar-refractivity contribution >= 4 is 0 Å². The molecule has 0 atom stereocenters. The molecule has 0 amide bonds. The lowest BCUT2D eigenvalue weighted by atomic mass is 9.92. The zero-order chi connectivity index (χ0) is 14.7. The summed E-state index contributed by atoms with van der Waals surface area (Å²) in [4.78, 5) is 0. The molecule has 4 heteroatoms. The van der Waals surface area contributed by atoms with E-state index in [1.54, 1.807) is 0 Å². The van der Waals surface area contributed by atoms with Crippen LogP contribution in [0, 0.1) is 18.6 Å². The summed E-state index contributed by atoms with van der Waals surface area (Å²) >= 11 is 0. The first kappa shape index (κ1) is 15.2. The van der Waals surface area contributed by atoms with Crippen LogP contribution in [0.3, 0.4) is 0 Å². The summed E-state index contributed by atoms with van der Waals surface area (Å²) in [5, 5.41) is 3.52. The summed E-state index contributed by atoms with van der Waals surface area (Å²) in [5.74, 6) is -0.795. The van der Waals surface area contributed by atoms with Crippen LogP contribution >= 0.6 is 0 Å². The molecular formula is C16H23F2NO. The number of halogens is 2. The standard InChI is InChI=1S/C16H23F2NO/c1-10(2)19-12-4-6-13(7-5-12)20-14-8-15(17)11(3)16(18)9-14/h8-10,12-13,19H,4-7H2,1-3H3. The van der Waals surface area contributed by atoms with Crippen molar-refractivity contribution in [2.75, 3.05) is 0 Å². The summed E-state index contributed by atoms with van der Waals surface area (Å²) in [6.07, 6.45) is 3.98. The van der Waals surface area contributed by atoms with Crippen LogP contribution in [0.2, 0.25) is 0 Å². The number of hydrogen-bond acceptors (Lipinski definition) is 2. The van der Waals surface area contributed by atoms with Gasteiger partial charge in [0.1, 0.15) is 17.4 Å². The third-order valence-corrected chi connectivity index (χ3v) is 3.80. The van der Waals surface area contributed by atoms with Crippen molar-refractivity contribution in [3.63, 3.8) is 0 Å². The predicted molar refractivity (Wildman–Crippen MR) is 76.0 cm³/mol. The van der Waals surface area contributed by atoms with E-state index in [0.29, 0.717) is 17.8 Å². The predicted octanol–water partition coefficient (Wildman–Crippen LogP) is 3.96. The van der Waals surface area contributed by atoms with Gasteiger partial charge in [-0.05, 0) is 32.6 Å². The minimum absolute atomic E-state index is 0.0437. The van der Waals surface area contributed by atoms with Crippen molar-refractivity contribution in [3.8, 4) is 5.75 Å². The van der Waals surface area contributed by atoms with Gasteiger partial charge in [0.15, 0.2) is 0 Å². The molecule has 2 rings (SSSR count). The van der Waals surface area contributed by atoms with E-state index in [4.69, 9.17) is 4.74 Å². The lowest BCUT2D eigenvalue weighted by Crippen LogP contribution is -2.39. The Hall–Kier alpha value is -1.16. The Labute approximate surface area is 119 Å². The van der Waals surface area contributed by atoms with Crippen LogP contribution < -0.4 is 10.1 Å². The second-order valence-corrected chi connectivity index (χ2v) is 5.92. The molecule has 1 aromatic rings. The van der Waals surface area contributed by atoms with E-state index >= 15 is 0 Å². The van der Waals surface area contributed by atoms with Gasteiger partial charge in [0.05, 0.1) is 6.10 Å². The molecule has 0 radical (unpaired) electrons. The second-order valence-electron chi connectivity index (χ2n) is 5.92. The summed E-state index contributed by atoms with van der Waals surface area (Å²) in [5.41, 5.74) is 0.0437. The Morgan fingerprint density at radius 1 is 1.10 bits per heavy atom. The Bertz CT molecular complexity index is 431. The Balaban J connectivity index is 1.89. The molecule has 1 aromatic carbocycles. The molecule has 1 fully saturated rings. The Morgan fingerprint density at radius 3 is 2.15 bits per heavy atom. The molecule has 1 aliphatic carbocycles. The van der Waals surface area contributed by atoms with Gasteiger partial charge in [-0.2, -0.15) is 0 Å². The van der Waals surface area contributed by atoms with E-state index in [1.807, 2.05) is 0 Å². The first-order chi connectivity index (χ1) is 9.45. The van der Waals surface area contributed by atoms with Crippen molar-refractivity contribution < 1.29 is 13.5 Å². The molecule has 0 aliphatic heterocycles. The van der Waals surface area contributed by atoms with Crippen LogP contribution in [0.5, 0.6) is 5.75 Å². The normalized spacial score (nSPS) is 23.1. The maximum atomic E-state index is 13.5. The maximum Gasteiger partial charge on any atom is 0.132 e. The molecule has 112 valence electrons. The summed E-state index contributed by atoms with van der Waals surface area (Å²) < 4.78 is 32.7. The van der Waals surface area contributed by atoms with Gasteiger partial charge in [-0.25, -0.2) is 8.78 Å². The van der Waals surface area contributed by atoms with Gasteiger partial charge in [0.25, 0.3) is 0 Å². The average molecular weight is 283 g/mol. The maximum absolute atomic E-state index is 13.5. The molecule has 2 nitrogen and oxygen atoms in total. The first-order valence-corrected chi connectivity index (χ1v) is 7.34. The number of hydrogen-bond donors (Lipinski definition) is 1. The highest BCUT2D eigenvalue weighted by molar-refractivity contribution is 5.29. The molecule has 0 saturated heterocycles. The van der Waals surface area contributed by atoms with E-state index in [1.165, 1.54) is 19.1 Å². The van der Waals surface area contributed by atoms with Crippen molar-refractivity contribution in [3.05, 3.63) is 29.3 Å². The molecule has 0 spiro atoms. The first-order valence-electron chi connectivity index (χ1n) is 7.34. The molecular weight excluding hydrogens is 260 g/mol. The third-order valence-electron chi connectivity index (χ3n) is 3.80. The van der Waals surface area contributed by atoms with Gasteiger partial charge < -0.3 is 10.1 Å². The lowest BCUT2D eigenvalue weighted by Gasteiger charge is -2.30. The van der Waals surface area contributed by atoms with Gasteiger partial charge in [-0.15, -0.1) is 0 Å². The number of ether oxygens (including phenoxy) is 1. The molecule has 0 heterocycles. The lowest BCUT2D eigenvalue weighted by molar-refractivity contribution is 0.136. The van der Waals surface area contributed by atoms with Crippen molar-refractivity contribution in [1.29, 1.82) is 0 Å². The summed E-state index contributed by atoms with van der Waals surface area (Å²) in [7, 11) is 0. The van der Waals surface area contributed by atoms with Crippen molar-refractivity contribution in [2.45, 2.75) is 64.6 Å². The summed E-state index contributed by atoms with van der Waals surface area (Å²) in [6.45, 7) is 5.71. The van der Waals surface area contributed by atoms with Crippen LogP contribution in [0.15, 0.2) is 12.1 Å². The topological polar surface area (TPSA) is 21.3 Å². The minimum atomic E-state index is -0.546. The van der Waals surface area contributed by atoms with Gasteiger partial charge in [0.2, 0.25) is 0 Å². The second kappa shape index (κ2) is 6.53. The number of nitrogens with one attached hydrogen (secondary N) is 1. The van der Waals surface area contributed by atoms with Gasteiger partial charge in [0, 0.05) is 29.8 Å². The van der Waals surface area contributed by atoms with E-state index in [-0.39, 0.29) is 11.7 Å². The molecule has 0 aromatic heterocycles. The summed E-state index contributed by atoms with van der Waals surface area (Å²) in [6, 6.07) is 3.56. The van der Waals surface area contributed by atoms with Gasteiger partial charge >= 0.3 is 0 Å². The van der Waals surface area contributed by atoms with Crippen LogP contribution in [-0.2, 0) is 0 Å². The molecule has 1 N–H and O–H groups in total. The highest BCUT2D eigenvalue weighted by atomic mass is 19.1. The highest BCUT2D eigenvalue weighted by Gasteiger charge is 2.23. The fourth-order valence-electron chi connectivity index (χ4n) is 2.70. The Morgan fingerprint density at radius 2 is 1.65 bits per heavy atom. The van der Waals surface area contributed by atoms with Crippen molar-refractivity contribution in [1.82, 2.24) is 5.32 Å². The SMILES string of the molecule is Cc1c(F)cc(OC2CCC(NC(C)C)CC2)cc1F. The quantitative estimate of drug-likeness (QED) is 0.903. The zero-order valence-electron chi connectivity index (χ0n) is 12.4. The largest absolute Gasteiger partial charge is 0.490 e. The third kappa shape index (κ3) is 3.92. The zero-order valence-corrected chi connectivity index (χ0v) is 12.4. The molecule has 20 heavy (non-hydrogen) atoms. The monoisotopic (exact) mass is 283 g/mol. The Kier molecular flexibility index (Phi) is 4.97. The van der Waals surface area contributed by atoms with Gasteiger partial charge in [-0.1, -0.05) is 13.8 Å². The molecule has 0 unspecified atom stereocenters.